The SMILES string of the molecule is CN1CCN(Cc2ccc(F)c(F)c2)C[C@H](C(N)=O)C1. The van der Waals surface area contributed by atoms with Gasteiger partial charge in [0.05, 0.1) is 5.92 Å². The van der Waals surface area contributed by atoms with Gasteiger partial charge in [0.25, 0.3) is 0 Å². The summed E-state index contributed by atoms with van der Waals surface area (Å²) in [7, 11) is 1.94. The normalized spacial score (nSPS) is 21.6. The third-order valence-corrected chi connectivity index (χ3v) is 3.60. The van der Waals surface area contributed by atoms with Gasteiger partial charge in [-0.25, -0.2) is 8.78 Å². The van der Waals surface area contributed by atoms with E-state index in [-0.39, 0.29) is 11.8 Å². The second kappa shape index (κ2) is 6.28. The van der Waals surface area contributed by atoms with Gasteiger partial charge in [-0.05, 0) is 24.7 Å². The maximum absolute atomic E-state index is 13.2. The predicted molar refractivity (Wildman–Crippen MR) is 71.8 cm³/mol. The van der Waals surface area contributed by atoms with Crippen LogP contribution in [0.5, 0.6) is 0 Å². The Bertz CT molecular complexity index is 495. The second-order valence-electron chi connectivity index (χ2n) is 5.35. The van der Waals surface area contributed by atoms with Gasteiger partial charge in [-0.2, -0.15) is 0 Å². The van der Waals surface area contributed by atoms with Crippen molar-refractivity contribution >= 4 is 5.91 Å². The number of primary amides is 1. The highest BCUT2D eigenvalue weighted by atomic mass is 19.2. The number of benzene rings is 1. The maximum atomic E-state index is 13.2. The van der Waals surface area contributed by atoms with E-state index in [1.807, 2.05) is 11.9 Å². The van der Waals surface area contributed by atoms with E-state index in [9.17, 15) is 13.6 Å². The summed E-state index contributed by atoms with van der Waals surface area (Å²) in [5.74, 6) is -2.26. The van der Waals surface area contributed by atoms with Crippen LogP contribution in [0.4, 0.5) is 8.78 Å². The summed E-state index contributed by atoms with van der Waals surface area (Å²) >= 11 is 0. The number of nitrogens with zero attached hydrogens (tertiary/aromatic N) is 2. The summed E-state index contributed by atoms with van der Waals surface area (Å²) in [5.41, 5.74) is 6.09. The fourth-order valence-corrected chi connectivity index (χ4v) is 2.46. The Kier molecular flexibility index (Phi) is 4.67. The molecule has 0 unspecified atom stereocenters. The monoisotopic (exact) mass is 283 g/mol. The number of hydrogen-bond donors (Lipinski definition) is 1. The van der Waals surface area contributed by atoms with Crippen LogP contribution >= 0.6 is 0 Å². The molecule has 1 heterocycles. The number of hydrogen-bond acceptors (Lipinski definition) is 3. The number of likely N-dealkylation sites (N-methyl/N-ethyl adjacent to an activating group) is 1. The molecule has 0 radical (unpaired) electrons. The standard InChI is InChI=1S/C14H19F2N3O/c1-18-4-5-19(9-11(8-18)14(17)20)7-10-2-3-12(15)13(16)6-10/h2-3,6,11H,4-5,7-9H2,1H3,(H2,17,20)/t11-/m1/s1. The smallest absolute Gasteiger partial charge is 0.223 e. The topological polar surface area (TPSA) is 49.6 Å². The van der Waals surface area contributed by atoms with Gasteiger partial charge in [-0.15, -0.1) is 0 Å². The van der Waals surface area contributed by atoms with Gasteiger partial charge < -0.3 is 10.6 Å². The minimum Gasteiger partial charge on any atom is -0.369 e. The van der Waals surface area contributed by atoms with Crippen LogP contribution in [0.15, 0.2) is 18.2 Å². The molecular formula is C14H19F2N3O. The molecule has 1 aromatic rings. The lowest BCUT2D eigenvalue weighted by Crippen LogP contribution is -2.37. The quantitative estimate of drug-likeness (QED) is 0.893. The lowest BCUT2D eigenvalue weighted by atomic mass is 10.1. The minimum atomic E-state index is -0.848. The van der Waals surface area contributed by atoms with Gasteiger partial charge >= 0.3 is 0 Å². The first kappa shape index (κ1) is 14.9. The van der Waals surface area contributed by atoms with Crippen LogP contribution in [0, 0.1) is 17.6 Å². The lowest BCUT2D eigenvalue weighted by Gasteiger charge is -2.22. The Morgan fingerprint density at radius 3 is 2.70 bits per heavy atom. The van der Waals surface area contributed by atoms with Crippen molar-refractivity contribution in [3.8, 4) is 0 Å². The van der Waals surface area contributed by atoms with Gasteiger partial charge in [0, 0.05) is 32.7 Å². The van der Waals surface area contributed by atoms with Gasteiger partial charge in [-0.3, -0.25) is 9.69 Å². The molecule has 0 saturated carbocycles. The molecule has 1 saturated heterocycles. The zero-order chi connectivity index (χ0) is 14.7. The van der Waals surface area contributed by atoms with Crippen molar-refractivity contribution in [1.29, 1.82) is 0 Å². The summed E-state index contributed by atoms with van der Waals surface area (Å²) in [4.78, 5) is 15.5. The molecule has 1 aliphatic rings. The molecule has 0 spiro atoms. The fraction of sp³-hybridized carbons (Fsp3) is 0.500. The predicted octanol–water partition coefficient (Wildman–Crippen LogP) is 0.814. The Balaban J connectivity index is 2.07. The Morgan fingerprint density at radius 1 is 1.30 bits per heavy atom. The van der Waals surface area contributed by atoms with Crippen molar-refractivity contribution in [3.63, 3.8) is 0 Å². The van der Waals surface area contributed by atoms with Crippen LogP contribution in [0.2, 0.25) is 0 Å². The summed E-state index contributed by atoms with van der Waals surface area (Å²) in [5, 5.41) is 0. The third-order valence-electron chi connectivity index (χ3n) is 3.60. The van der Waals surface area contributed by atoms with Crippen LogP contribution < -0.4 is 5.73 Å². The average molecular weight is 283 g/mol. The van der Waals surface area contributed by atoms with E-state index < -0.39 is 11.6 Å². The van der Waals surface area contributed by atoms with Gasteiger partial charge in [0.1, 0.15) is 0 Å². The fourth-order valence-electron chi connectivity index (χ4n) is 2.46. The molecule has 4 nitrogen and oxygen atoms in total. The molecule has 20 heavy (non-hydrogen) atoms. The second-order valence-corrected chi connectivity index (χ2v) is 5.35. The third kappa shape index (κ3) is 3.74. The molecule has 1 fully saturated rings. The molecule has 1 atom stereocenters. The van der Waals surface area contributed by atoms with E-state index in [1.165, 1.54) is 6.07 Å². The van der Waals surface area contributed by atoms with Crippen LogP contribution in [0.25, 0.3) is 0 Å². The number of rotatable bonds is 3. The lowest BCUT2D eigenvalue weighted by molar-refractivity contribution is -0.122. The van der Waals surface area contributed by atoms with Crippen LogP contribution in [0.1, 0.15) is 5.56 Å². The van der Waals surface area contributed by atoms with E-state index in [2.05, 4.69) is 4.90 Å². The molecular weight excluding hydrogens is 264 g/mol. The molecule has 0 bridgehead atoms. The maximum Gasteiger partial charge on any atom is 0.223 e. The van der Waals surface area contributed by atoms with Crippen LogP contribution in [-0.4, -0.2) is 48.9 Å². The van der Waals surface area contributed by atoms with Crippen LogP contribution in [-0.2, 0) is 11.3 Å². The highest BCUT2D eigenvalue weighted by Gasteiger charge is 2.24. The van der Waals surface area contributed by atoms with Crippen molar-refractivity contribution in [1.82, 2.24) is 9.80 Å². The first-order valence-electron chi connectivity index (χ1n) is 6.60. The molecule has 1 amide bonds. The molecule has 1 aliphatic heterocycles. The van der Waals surface area contributed by atoms with E-state index in [1.54, 1.807) is 6.07 Å². The first-order chi connectivity index (χ1) is 9.45. The molecule has 2 N–H and O–H groups in total. The van der Waals surface area contributed by atoms with Crippen molar-refractivity contribution in [2.75, 3.05) is 33.2 Å². The van der Waals surface area contributed by atoms with Gasteiger partial charge in [0.2, 0.25) is 5.91 Å². The summed E-state index contributed by atoms with van der Waals surface area (Å²) in [6, 6.07) is 3.88. The number of amides is 1. The number of carbonyl (C=O) groups is 1. The highest BCUT2D eigenvalue weighted by Crippen LogP contribution is 2.14. The minimum absolute atomic E-state index is 0.243. The highest BCUT2D eigenvalue weighted by molar-refractivity contribution is 5.77. The largest absolute Gasteiger partial charge is 0.369 e. The van der Waals surface area contributed by atoms with Crippen molar-refractivity contribution in [2.24, 2.45) is 11.7 Å². The zero-order valence-corrected chi connectivity index (χ0v) is 11.5. The molecule has 110 valence electrons. The van der Waals surface area contributed by atoms with E-state index in [0.717, 1.165) is 19.2 Å². The Hall–Kier alpha value is -1.53. The van der Waals surface area contributed by atoms with Crippen LogP contribution in [0.3, 0.4) is 0 Å². The summed E-state index contributed by atoms with van der Waals surface area (Å²) in [6.07, 6.45) is 0. The number of carbonyl (C=O) groups excluding carboxylic acids is 1. The van der Waals surface area contributed by atoms with Crippen molar-refractivity contribution in [3.05, 3.63) is 35.4 Å². The first-order valence-corrected chi connectivity index (χ1v) is 6.60. The van der Waals surface area contributed by atoms with E-state index in [4.69, 9.17) is 5.73 Å². The molecule has 0 aliphatic carbocycles. The van der Waals surface area contributed by atoms with E-state index in [0.29, 0.717) is 25.2 Å². The average Bonchev–Trinajstić information content (AvgIpc) is 2.56. The van der Waals surface area contributed by atoms with Gasteiger partial charge in [0.15, 0.2) is 11.6 Å². The Morgan fingerprint density at radius 2 is 2.05 bits per heavy atom. The van der Waals surface area contributed by atoms with E-state index >= 15 is 0 Å². The summed E-state index contributed by atoms with van der Waals surface area (Å²) in [6.45, 7) is 3.23. The van der Waals surface area contributed by atoms with Gasteiger partial charge in [-0.1, -0.05) is 6.07 Å². The van der Waals surface area contributed by atoms with Crippen molar-refractivity contribution < 1.29 is 13.6 Å². The number of halogens is 2. The molecule has 6 heteroatoms. The zero-order valence-electron chi connectivity index (χ0n) is 11.5. The van der Waals surface area contributed by atoms with Crippen molar-refractivity contribution in [2.45, 2.75) is 6.54 Å². The Labute approximate surface area is 117 Å². The molecule has 1 aromatic carbocycles. The number of nitrogens with two attached hydrogens (primary N) is 1. The summed E-state index contributed by atoms with van der Waals surface area (Å²) < 4.78 is 26.1. The molecule has 0 aromatic heterocycles. The molecule has 2 rings (SSSR count).